The normalized spacial score (nSPS) is 10.6. The summed E-state index contributed by atoms with van der Waals surface area (Å²) in [6.07, 6.45) is 0.653. The van der Waals surface area contributed by atoms with Crippen LogP contribution in [-0.4, -0.2) is 20.7 Å². The zero-order valence-corrected chi connectivity index (χ0v) is 8.55. The van der Waals surface area contributed by atoms with Crippen LogP contribution in [0.2, 0.25) is 0 Å². The van der Waals surface area contributed by atoms with Crippen molar-refractivity contribution in [1.82, 2.24) is 9.67 Å². The van der Waals surface area contributed by atoms with Crippen molar-refractivity contribution in [2.24, 2.45) is 0 Å². The molecule has 0 saturated heterocycles. The van der Waals surface area contributed by atoms with Crippen LogP contribution in [0.4, 0.5) is 8.78 Å². The SMILES string of the molecule is O=C(O)c1cc(F)c(-n2c[n+]([O-])[nH]c2=O)cc1F. The molecule has 0 spiro atoms. The summed E-state index contributed by atoms with van der Waals surface area (Å²) in [5.74, 6) is -4.00. The van der Waals surface area contributed by atoms with Crippen LogP contribution in [-0.2, 0) is 0 Å². The highest BCUT2D eigenvalue weighted by atomic mass is 19.1. The molecule has 18 heavy (non-hydrogen) atoms. The number of carboxylic acids is 1. The van der Waals surface area contributed by atoms with Gasteiger partial charge in [-0.05, 0) is 6.07 Å². The van der Waals surface area contributed by atoms with Crippen molar-refractivity contribution >= 4 is 5.97 Å². The van der Waals surface area contributed by atoms with Crippen LogP contribution in [0.5, 0.6) is 0 Å². The summed E-state index contributed by atoms with van der Waals surface area (Å²) < 4.78 is 27.4. The number of benzene rings is 1. The van der Waals surface area contributed by atoms with Gasteiger partial charge in [-0.2, -0.15) is 9.94 Å². The lowest BCUT2D eigenvalue weighted by Crippen LogP contribution is -2.29. The quantitative estimate of drug-likeness (QED) is 0.573. The topological polar surface area (TPSA) is 102 Å². The number of rotatable bonds is 2. The molecule has 0 radical (unpaired) electrons. The van der Waals surface area contributed by atoms with Crippen LogP contribution in [0.3, 0.4) is 0 Å². The number of hydrogen-bond donors (Lipinski definition) is 2. The van der Waals surface area contributed by atoms with Gasteiger partial charge in [-0.25, -0.2) is 18.4 Å². The number of nitrogens with one attached hydrogen (secondary N) is 1. The molecule has 2 rings (SSSR count). The molecule has 7 nitrogen and oxygen atoms in total. The van der Waals surface area contributed by atoms with Crippen molar-refractivity contribution in [2.45, 2.75) is 0 Å². The molecule has 0 amide bonds. The second-order valence-electron chi connectivity index (χ2n) is 3.32. The first kappa shape index (κ1) is 11.8. The van der Waals surface area contributed by atoms with Crippen molar-refractivity contribution in [1.29, 1.82) is 0 Å². The lowest BCUT2D eigenvalue weighted by molar-refractivity contribution is -0.667. The van der Waals surface area contributed by atoms with Crippen molar-refractivity contribution in [2.75, 3.05) is 0 Å². The van der Waals surface area contributed by atoms with E-state index in [9.17, 15) is 23.6 Å². The molecule has 9 heteroatoms. The zero-order chi connectivity index (χ0) is 13.4. The Balaban J connectivity index is 2.67. The van der Waals surface area contributed by atoms with E-state index < -0.39 is 34.5 Å². The average molecular weight is 257 g/mol. The summed E-state index contributed by atoms with van der Waals surface area (Å²) in [5.41, 5.74) is -2.41. The number of carbonyl (C=O) groups is 1. The Morgan fingerprint density at radius 2 is 2.06 bits per heavy atom. The molecule has 0 unspecified atom stereocenters. The largest absolute Gasteiger partial charge is 0.692 e. The third-order valence-corrected chi connectivity index (χ3v) is 2.17. The summed E-state index contributed by atoms with van der Waals surface area (Å²) in [5, 5.41) is 21.1. The van der Waals surface area contributed by atoms with E-state index in [0.29, 0.717) is 23.0 Å². The van der Waals surface area contributed by atoms with Gasteiger partial charge >= 0.3 is 11.7 Å². The first-order valence-electron chi connectivity index (χ1n) is 4.53. The molecule has 94 valence electrons. The van der Waals surface area contributed by atoms with Crippen LogP contribution < -0.4 is 10.5 Å². The standard InChI is InChI=1S/C9H5F2N3O4/c10-5-2-7(6(11)1-4(5)8(15)16)13-3-14(18)12-9(13)17/h1-3H,(H,12,17)(H,15,16). The maximum Gasteiger partial charge on any atom is 0.449 e. The maximum absolute atomic E-state index is 13.6. The molecule has 2 N–H and O–H groups in total. The molecule has 0 aliphatic carbocycles. The third kappa shape index (κ3) is 1.81. The van der Waals surface area contributed by atoms with Crippen LogP contribution in [0.1, 0.15) is 10.4 Å². The fourth-order valence-corrected chi connectivity index (χ4v) is 1.39. The van der Waals surface area contributed by atoms with Crippen molar-refractivity contribution in [3.05, 3.63) is 51.3 Å². The fourth-order valence-electron chi connectivity index (χ4n) is 1.39. The number of aromatic nitrogens is 3. The van der Waals surface area contributed by atoms with Crippen molar-refractivity contribution in [3.8, 4) is 5.69 Å². The number of carboxylic acid groups (broad SMARTS) is 1. The Bertz CT molecular complexity index is 692. The lowest BCUT2D eigenvalue weighted by Gasteiger charge is -2.01. The number of hydrogen-bond acceptors (Lipinski definition) is 3. The van der Waals surface area contributed by atoms with Gasteiger partial charge in [-0.1, -0.05) is 0 Å². The molecule has 0 aliphatic heterocycles. The average Bonchev–Trinajstić information content (AvgIpc) is 2.60. The molecule has 0 atom stereocenters. The van der Waals surface area contributed by atoms with Gasteiger partial charge in [0.2, 0.25) is 0 Å². The summed E-state index contributed by atoms with van der Waals surface area (Å²) in [7, 11) is 0. The zero-order valence-electron chi connectivity index (χ0n) is 8.55. The summed E-state index contributed by atoms with van der Waals surface area (Å²) >= 11 is 0. The fraction of sp³-hybridized carbons (Fsp3) is 0. The minimum atomic E-state index is -1.64. The van der Waals surface area contributed by atoms with E-state index in [-0.39, 0.29) is 4.85 Å². The van der Waals surface area contributed by atoms with Gasteiger partial charge in [0, 0.05) is 6.07 Å². The summed E-state index contributed by atoms with van der Waals surface area (Å²) in [6, 6.07) is 0.954. The monoisotopic (exact) mass is 257 g/mol. The maximum atomic E-state index is 13.6. The molecular weight excluding hydrogens is 252 g/mol. The molecule has 1 aromatic carbocycles. The Kier molecular flexibility index (Phi) is 2.58. The molecule has 2 aromatic rings. The van der Waals surface area contributed by atoms with Gasteiger partial charge in [-0.3, -0.25) is 0 Å². The number of H-pyrrole nitrogens is 1. The van der Waals surface area contributed by atoms with E-state index in [4.69, 9.17) is 5.11 Å². The molecule has 0 saturated carbocycles. The minimum Gasteiger partial charge on any atom is -0.692 e. The van der Waals surface area contributed by atoms with E-state index in [1.165, 1.54) is 0 Å². The third-order valence-electron chi connectivity index (χ3n) is 2.17. The predicted molar refractivity (Wildman–Crippen MR) is 52.2 cm³/mol. The van der Waals surface area contributed by atoms with Crippen LogP contribution in [0.25, 0.3) is 5.69 Å². The Labute approximate surface area is 97.1 Å². The highest BCUT2D eigenvalue weighted by Crippen LogP contribution is 2.17. The molecule has 1 heterocycles. The Morgan fingerprint density at radius 3 is 2.56 bits per heavy atom. The van der Waals surface area contributed by atoms with Gasteiger partial charge in [0.05, 0.1) is 5.56 Å². The molecule has 0 bridgehead atoms. The van der Waals surface area contributed by atoms with Gasteiger partial charge in [-0.15, -0.1) is 4.57 Å². The Morgan fingerprint density at radius 1 is 1.39 bits per heavy atom. The van der Waals surface area contributed by atoms with Crippen molar-refractivity contribution in [3.63, 3.8) is 0 Å². The Hall–Kier alpha value is -2.71. The van der Waals surface area contributed by atoms with Crippen molar-refractivity contribution < 1.29 is 23.5 Å². The number of halogens is 2. The van der Waals surface area contributed by atoms with Gasteiger partial charge < -0.3 is 10.3 Å². The summed E-state index contributed by atoms with van der Waals surface area (Å²) in [6.45, 7) is 0. The number of aromatic amines is 1. The first-order chi connectivity index (χ1) is 8.40. The molecule has 0 fully saturated rings. The van der Waals surface area contributed by atoms with Crippen LogP contribution >= 0.6 is 0 Å². The summed E-state index contributed by atoms with van der Waals surface area (Å²) in [4.78, 5) is 21.8. The first-order valence-corrected chi connectivity index (χ1v) is 4.53. The smallest absolute Gasteiger partial charge is 0.449 e. The predicted octanol–water partition coefficient (Wildman–Crippen LogP) is -0.225. The molecular formula is C9H5F2N3O4. The second kappa shape index (κ2) is 3.95. The van der Waals surface area contributed by atoms with E-state index in [0.717, 1.165) is 0 Å². The minimum absolute atomic E-state index is 0.00475. The second-order valence-corrected chi connectivity index (χ2v) is 3.32. The number of aromatic carboxylic acids is 1. The lowest BCUT2D eigenvalue weighted by atomic mass is 10.2. The van der Waals surface area contributed by atoms with Gasteiger partial charge in [0.15, 0.2) is 11.5 Å². The van der Waals surface area contributed by atoms with E-state index in [1.807, 2.05) is 0 Å². The number of nitrogens with zero attached hydrogens (tertiary/aromatic N) is 2. The van der Waals surface area contributed by atoms with Crippen LogP contribution in [0, 0.1) is 16.8 Å². The van der Waals surface area contributed by atoms with Crippen LogP contribution in [0.15, 0.2) is 23.3 Å². The molecule has 1 aromatic heterocycles. The van der Waals surface area contributed by atoms with Gasteiger partial charge in [0.25, 0.3) is 6.33 Å². The highest BCUT2D eigenvalue weighted by molar-refractivity contribution is 5.88. The van der Waals surface area contributed by atoms with E-state index in [1.54, 1.807) is 5.10 Å². The van der Waals surface area contributed by atoms with E-state index in [2.05, 4.69) is 0 Å². The van der Waals surface area contributed by atoms with E-state index >= 15 is 0 Å². The molecule has 0 aliphatic rings. The highest BCUT2D eigenvalue weighted by Gasteiger charge is 2.21. The van der Waals surface area contributed by atoms with Gasteiger partial charge in [0.1, 0.15) is 5.82 Å².